The van der Waals surface area contributed by atoms with Crippen molar-refractivity contribution in [3.8, 4) is 22.2 Å². The van der Waals surface area contributed by atoms with E-state index in [1.165, 1.54) is 16.8 Å². The largest absolute Gasteiger partial charge is 0.443 e. The van der Waals surface area contributed by atoms with Crippen molar-refractivity contribution in [3.05, 3.63) is 65.2 Å². The lowest BCUT2D eigenvalue weighted by atomic mass is 10.2. The van der Waals surface area contributed by atoms with E-state index in [1.807, 2.05) is 6.07 Å². The Morgan fingerprint density at radius 2 is 1.82 bits per heavy atom. The number of hydrogen-bond acceptors (Lipinski definition) is 6. The Balaban J connectivity index is 1.72. The summed E-state index contributed by atoms with van der Waals surface area (Å²) in [6.45, 7) is 6.41. The Hall–Kier alpha value is -2.79. The number of aromatic nitrogens is 5. The molecule has 0 aliphatic heterocycles. The second-order valence-electron chi connectivity index (χ2n) is 8.17. The zero-order chi connectivity index (χ0) is 23.8. The first-order valence-corrected chi connectivity index (χ1v) is 11.5. The van der Waals surface area contributed by atoms with Crippen LogP contribution in [-0.2, 0) is 12.7 Å². The van der Waals surface area contributed by atoms with Gasteiger partial charge >= 0.3 is 6.18 Å². The van der Waals surface area contributed by atoms with Crippen molar-refractivity contribution in [1.29, 1.82) is 0 Å². The minimum absolute atomic E-state index is 0.0174. The summed E-state index contributed by atoms with van der Waals surface area (Å²) < 4.78 is 54.4. The molecule has 172 valence electrons. The number of halogens is 4. The second kappa shape index (κ2) is 8.86. The molecule has 0 aliphatic carbocycles. The summed E-state index contributed by atoms with van der Waals surface area (Å²) in [7, 11) is 0. The Morgan fingerprint density at radius 1 is 1.03 bits per heavy atom. The molecule has 0 amide bonds. The van der Waals surface area contributed by atoms with Crippen molar-refractivity contribution in [3.63, 3.8) is 0 Å². The van der Waals surface area contributed by atoms with Crippen LogP contribution < -0.4 is 0 Å². The highest BCUT2D eigenvalue weighted by atomic mass is 32.2. The van der Waals surface area contributed by atoms with Gasteiger partial charge in [-0.05, 0) is 29.8 Å². The monoisotopic (exact) mass is 493 g/mol. The van der Waals surface area contributed by atoms with Gasteiger partial charge in [0.1, 0.15) is 11.5 Å². The fourth-order valence-electron chi connectivity index (χ4n) is 2.99. The normalized spacial score (nSPS) is 12.3. The molecule has 0 atom stereocenters. The van der Waals surface area contributed by atoms with Crippen LogP contribution in [-0.4, -0.2) is 29.5 Å². The minimum atomic E-state index is -4.55. The second-order valence-corrected chi connectivity index (χ2v) is 11.1. The first-order chi connectivity index (χ1) is 15.5. The van der Waals surface area contributed by atoms with Crippen LogP contribution in [0.15, 0.2) is 53.7 Å². The van der Waals surface area contributed by atoms with E-state index < -0.39 is 17.0 Å². The molecule has 0 N–H and O–H groups in total. The highest BCUT2D eigenvalue weighted by molar-refractivity contribution is 8.00. The van der Waals surface area contributed by atoms with E-state index >= 15 is 0 Å². The number of nitrogens with zero attached hydrogens (tertiary/aromatic N) is 5. The van der Waals surface area contributed by atoms with Crippen molar-refractivity contribution in [2.75, 3.05) is 0 Å². The summed E-state index contributed by atoms with van der Waals surface area (Å²) in [6, 6.07) is 9.60. The molecule has 5 nitrogen and oxygen atoms in total. The maximum absolute atomic E-state index is 13.7. The van der Waals surface area contributed by atoms with Crippen molar-refractivity contribution < 1.29 is 17.6 Å². The summed E-state index contributed by atoms with van der Waals surface area (Å²) in [4.78, 5) is 13.6. The van der Waals surface area contributed by atoms with Crippen LogP contribution in [0.1, 0.15) is 31.3 Å². The maximum atomic E-state index is 13.7. The molecule has 4 aromatic rings. The zero-order valence-electron chi connectivity index (χ0n) is 17.9. The van der Waals surface area contributed by atoms with Crippen LogP contribution in [0.4, 0.5) is 17.6 Å². The third kappa shape index (κ3) is 5.77. The van der Waals surface area contributed by atoms with Gasteiger partial charge in [0.05, 0.1) is 11.4 Å². The molecule has 0 aliphatic rings. The van der Waals surface area contributed by atoms with Crippen LogP contribution in [0.2, 0.25) is 0 Å². The first kappa shape index (κ1) is 23.4. The van der Waals surface area contributed by atoms with Crippen LogP contribution in [0.25, 0.3) is 22.2 Å². The van der Waals surface area contributed by atoms with E-state index in [0.29, 0.717) is 22.6 Å². The molecule has 1 aromatic carbocycles. The van der Waals surface area contributed by atoms with E-state index in [9.17, 15) is 17.6 Å². The quantitative estimate of drug-likeness (QED) is 0.233. The molecule has 33 heavy (non-hydrogen) atoms. The van der Waals surface area contributed by atoms with Gasteiger partial charge in [0.15, 0.2) is 16.7 Å². The van der Waals surface area contributed by atoms with Crippen LogP contribution in [0, 0.1) is 5.82 Å². The summed E-state index contributed by atoms with van der Waals surface area (Å²) in [5.74, 6) is 0.0491. The molecule has 0 saturated carbocycles. The van der Waals surface area contributed by atoms with E-state index in [4.69, 9.17) is 0 Å². The molecule has 0 bridgehead atoms. The predicted octanol–water partition coefficient (Wildman–Crippen LogP) is 6.56. The molecule has 0 unspecified atom stereocenters. The van der Waals surface area contributed by atoms with Gasteiger partial charge in [0.2, 0.25) is 0 Å². The summed E-state index contributed by atoms with van der Waals surface area (Å²) in [5.41, 5.74) is 1.08. The number of thioether (sulfide) groups is 1. The molecule has 0 spiro atoms. The van der Waals surface area contributed by atoms with E-state index in [2.05, 4.69) is 40.8 Å². The van der Waals surface area contributed by atoms with Gasteiger partial charge in [-0.25, -0.2) is 19.0 Å². The summed E-state index contributed by atoms with van der Waals surface area (Å²) >= 11 is 2.14. The van der Waals surface area contributed by atoms with Crippen molar-refractivity contribution in [2.45, 2.75) is 43.1 Å². The molecule has 0 saturated heterocycles. The van der Waals surface area contributed by atoms with E-state index in [-0.39, 0.29) is 27.8 Å². The number of benzene rings is 1. The Kier molecular flexibility index (Phi) is 6.28. The Bertz CT molecular complexity index is 1260. The highest BCUT2D eigenvalue weighted by Gasteiger charge is 2.35. The van der Waals surface area contributed by atoms with Gasteiger partial charge in [-0.2, -0.15) is 13.2 Å². The predicted molar refractivity (Wildman–Crippen MR) is 120 cm³/mol. The third-order valence-electron chi connectivity index (χ3n) is 4.25. The Morgan fingerprint density at radius 3 is 2.42 bits per heavy atom. The molecule has 0 radical (unpaired) electrons. The molecule has 4 rings (SSSR count). The molecular weight excluding hydrogens is 474 g/mol. The van der Waals surface area contributed by atoms with Crippen molar-refractivity contribution in [2.24, 2.45) is 0 Å². The minimum Gasteiger partial charge on any atom is -0.252 e. The summed E-state index contributed by atoms with van der Waals surface area (Å²) in [5, 5.41) is 3.50. The van der Waals surface area contributed by atoms with Gasteiger partial charge in [-0.15, -0.1) is 28.2 Å². The molecule has 3 heterocycles. The van der Waals surface area contributed by atoms with Crippen molar-refractivity contribution in [1.82, 2.24) is 24.7 Å². The number of thiazole rings is 1. The SMILES string of the molecule is CC(C)(C)Sc1ccc(-c2nc(-c3cnc(C(F)(F)F)s3)n(Cc3cccc(F)c3)n2)nc1. The average molecular weight is 494 g/mol. The van der Waals surface area contributed by atoms with Gasteiger partial charge < -0.3 is 0 Å². The smallest absolute Gasteiger partial charge is 0.252 e. The maximum Gasteiger partial charge on any atom is 0.443 e. The van der Waals surface area contributed by atoms with E-state index in [1.54, 1.807) is 36.2 Å². The molecular formula is C22H19F4N5S2. The zero-order valence-corrected chi connectivity index (χ0v) is 19.5. The Labute approximate surface area is 195 Å². The lowest BCUT2D eigenvalue weighted by Gasteiger charge is -2.16. The number of rotatable bonds is 5. The summed E-state index contributed by atoms with van der Waals surface area (Å²) in [6.07, 6.45) is -1.71. The molecule has 3 aromatic heterocycles. The van der Waals surface area contributed by atoms with E-state index in [0.717, 1.165) is 11.1 Å². The molecule has 11 heteroatoms. The number of pyridine rings is 1. The van der Waals surface area contributed by atoms with Gasteiger partial charge in [-0.1, -0.05) is 32.9 Å². The topological polar surface area (TPSA) is 56.5 Å². The van der Waals surface area contributed by atoms with Gasteiger partial charge in [-0.3, -0.25) is 4.98 Å². The van der Waals surface area contributed by atoms with Crippen molar-refractivity contribution >= 4 is 23.1 Å². The molecule has 0 fully saturated rings. The van der Waals surface area contributed by atoms with Gasteiger partial charge in [0.25, 0.3) is 0 Å². The first-order valence-electron chi connectivity index (χ1n) is 9.86. The van der Waals surface area contributed by atoms with Crippen LogP contribution in [0.3, 0.4) is 0 Å². The third-order valence-corrected chi connectivity index (χ3v) is 6.38. The lowest BCUT2D eigenvalue weighted by molar-refractivity contribution is -0.137. The van der Waals surface area contributed by atoms with Gasteiger partial charge in [0, 0.05) is 22.0 Å². The van der Waals surface area contributed by atoms with Crippen LogP contribution >= 0.6 is 23.1 Å². The average Bonchev–Trinajstić information content (AvgIpc) is 3.34. The fourth-order valence-corrected chi connectivity index (χ4v) is 4.71. The number of hydrogen-bond donors (Lipinski definition) is 0. The van der Waals surface area contributed by atoms with Crippen LogP contribution in [0.5, 0.6) is 0 Å². The highest BCUT2D eigenvalue weighted by Crippen LogP contribution is 2.37. The standard InChI is InChI=1S/C22H19F4N5S2/c1-21(2,3)33-15-7-8-16(27-10-15)18-29-19(17-11-28-20(32-17)22(24,25)26)31(30-18)12-13-5-4-6-14(23)9-13/h4-11H,12H2,1-3H3. The number of alkyl halides is 3. The lowest BCUT2D eigenvalue weighted by Crippen LogP contribution is -2.06. The fraction of sp³-hybridized carbons (Fsp3) is 0.273.